The molecular weight excluding hydrogens is 350 g/mol. The number of ketones is 1. The highest BCUT2D eigenvalue weighted by atomic mass is 16.6. The van der Waals surface area contributed by atoms with Crippen molar-refractivity contribution >= 4 is 23.4 Å². The molecule has 1 N–H and O–H groups in total. The van der Waals surface area contributed by atoms with Gasteiger partial charge in [0.15, 0.2) is 5.78 Å². The third kappa shape index (κ3) is 3.43. The van der Waals surface area contributed by atoms with Crippen molar-refractivity contribution in [2.75, 3.05) is 6.54 Å². The Hall–Kier alpha value is -2.77. The summed E-state index contributed by atoms with van der Waals surface area (Å²) in [7, 11) is 0. The smallest absolute Gasteiger partial charge is 0.323 e. The number of Topliss-reactive ketones (excluding diaryl/α,β-unsaturated/α-hetero) is 1. The van der Waals surface area contributed by atoms with Gasteiger partial charge in [0.2, 0.25) is 0 Å². The van der Waals surface area contributed by atoms with Gasteiger partial charge < -0.3 is 5.32 Å². The van der Waals surface area contributed by atoms with E-state index in [2.05, 4.69) is 5.32 Å². The fourth-order valence-corrected chi connectivity index (χ4v) is 4.03. The van der Waals surface area contributed by atoms with E-state index in [1.165, 1.54) is 18.2 Å². The van der Waals surface area contributed by atoms with Crippen LogP contribution in [0, 0.1) is 23.0 Å². The molecule has 8 heteroatoms. The molecule has 1 saturated heterocycles. The van der Waals surface area contributed by atoms with Crippen LogP contribution in [0.4, 0.5) is 10.5 Å². The van der Waals surface area contributed by atoms with E-state index in [0.717, 1.165) is 37.0 Å². The van der Waals surface area contributed by atoms with Crippen molar-refractivity contribution in [2.45, 2.75) is 51.5 Å². The van der Waals surface area contributed by atoms with E-state index < -0.39 is 34.7 Å². The summed E-state index contributed by atoms with van der Waals surface area (Å²) in [5.41, 5.74) is -0.600. The second kappa shape index (κ2) is 7.09. The molecular formula is C19H23N3O5. The molecule has 1 aliphatic carbocycles. The van der Waals surface area contributed by atoms with Gasteiger partial charge in [-0.3, -0.25) is 24.6 Å². The second-order valence-electron chi connectivity index (χ2n) is 7.54. The van der Waals surface area contributed by atoms with Gasteiger partial charge in [-0.05, 0) is 32.6 Å². The summed E-state index contributed by atoms with van der Waals surface area (Å²) < 4.78 is 0. The monoisotopic (exact) mass is 373 g/mol. The molecule has 8 nitrogen and oxygen atoms in total. The van der Waals surface area contributed by atoms with E-state index in [0.29, 0.717) is 5.56 Å². The van der Waals surface area contributed by atoms with Crippen molar-refractivity contribution in [1.29, 1.82) is 0 Å². The maximum absolute atomic E-state index is 12.9. The lowest BCUT2D eigenvalue weighted by atomic mass is 9.75. The van der Waals surface area contributed by atoms with Crippen LogP contribution in [0.3, 0.4) is 0 Å². The number of urea groups is 1. The lowest BCUT2D eigenvalue weighted by Gasteiger charge is -2.34. The van der Waals surface area contributed by atoms with Crippen LogP contribution in [0.2, 0.25) is 0 Å². The van der Waals surface area contributed by atoms with Crippen molar-refractivity contribution in [1.82, 2.24) is 10.2 Å². The highest BCUT2D eigenvalue weighted by Crippen LogP contribution is 2.36. The Balaban J connectivity index is 1.78. The van der Waals surface area contributed by atoms with Crippen molar-refractivity contribution in [3.63, 3.8) is 0 Å². The molecule has 0 radical (unpaired) electrons. The maximum Gasteiger partial charge on any atom is 0.325 e. The number of carbonyl (C=O) groups is 3. The number of benzene rings is 1. The van der Waals surface area contributed by atoms with Gasteiger partial charge in [0.05, 0.1) is 11.5 Å². The van der Waals surface area contributed by atoms with E-state index in [-0.39, 0.29) is 17.2 Å². The van der Waals surface area contributed by atoms with Crippen LogP contribution < -0.4 is 5.32 Å². The van der Waals surface area contributed by atoms with Crippen molar-refractivity contribution in [3.8, 4) is 0 Å². The number of amides is 3. The summed E-state index contributed by atoms with van der Waals surface area (Å²) in [6, 6.07) is 3.58. The molecule has 1 aromatic rings. The van der Waals surface area contributed by atoms with Gasteiger partial charge in [-0.2, -0.15) is 0 Å². The van der Waals surface area contributed by atoms with E-state index in [9.17, 15) is 24.5 Å². The van der Waals surface area contributed by atoms with Gasteiger partial charge in [0, 0.05) is 17.2 Å². The molecule has 0 aromatic heterocycles. The zero-order valence-corrected chi connectivity index (χ0v) is 15.5. The first-order chi connectivity index (χ1) is 12.7. The number of carbonyl (C=O) groups excluding carboxylic acids is 3. The molecule has 2 fully saturated rings. The lowest BCUT2D eigenvalue weighted by Crippen LogP contribution is -2.51. The Morgan fingerprint density at radius 2 is 1.96 bits per heavy atom. The molecule has 2 aliphatic rings. The standard InChI is InChI=1S/C19H23N3O5/c1-12-8-9-13(10-15(12)22(26)27)16(23)11-21-17(24)19(2,20-18(21)25)14-6-4-3-5-7-14/h8-10,14H,3-7,11H2,1-2H3,(H,20,25)/t19-/m1/s1. The number of nitro groups is 1. The first-order valence-corrected chi connectivity index (χ1v) is 9.16. The Bertz CT molecular complexity index is 816. The van der Waals surface area contributed by atoms with Crippen LogP contribution in [0.25, 0.3) is 0 Å². The van der Waals surface area contributed by atoms with Gasteiger partial charge >= 0.3 is 6.03 Å². The second-order valence-corrected chi connectivity index (χ2v) is 7.54. The van der Waals surface area contributed by atoms with Gasteiger partial charge in [-0.15, -0.1) is 0 Å². The Labute approximate surface area is 157 Å². The van der Waals surface area contributed by atoms with Crippen LogP contribution >= 0.6 is 0 Å². The van der Waals surface area contributed by atoms with Gasteiger partial charge in [-0.1, -0.05) is 31.4 Å². The van der Waals surface area contributed by atoms with Crippen molar-refractivity contribution in [3.05, 3.63) is 39.4 Å². The molecule has 1 aliphatic heterocycles. The predicted octanol–water partition coefficient (Wildman–Crippen LogP) is 2.98. The maximum atomic E-state index is 12.9. The first kappa shape index (κ1) is 19.0. The Kier molecular flexibility index (Phi) is 4.99. The number of aryl methyl sites for hydroxylation is 1. The summed E-state index contributed by atoms with van der Waals surface area (Å²) in [5.74, 6) is -0.841. The molecule has 1 atom stereocenters. The minimum atomic E-state index is -0.989. The molecule has 0 unspecified atom stereocenters. The first-order valence-electron chi connectivity index (χ1n) is 9.16. The topological polar surface area (TPSA) is 110 Å². The summed E-state index contributed by atoms with van der Waals surface area (Å²) in [6.45, 7) is 2.89. The van der Waals surface area contributed by atoms with Gasteiger partial charge in [0.25, 0.3) is 11.6 Å². The molecule has 1 aromatic carbocycles. The highest BCUT2D eigenvalue weighted by molar-refractivity contribution is 6.11. The number of rotatable bonds is 5. The van der Waals surface area contributed by atoms with Crippen LogP contribution in [-0.2, 0) is 4.79 Å². The lowest BCUT2D eigenvalue weighted by molar-refractivity contribution is -0.385. The molecule has 0 spiro atoms. The number of nitrogens with one attached hydrogen (secondary N) is 1. The van der Waals surface area contributed by atoms with Crippen molar-refractivity contribution in [2.24, 2.45) is 5.92 Å². The number of imide groups is 1. The third-order valence-electron chi connectivity index (χ3n) is 5.75. The number of nitrogens with zero attached hydrogens (tertiary/aromatic N) is 2. The van der Waals surface area contributed by atoms with Crippen molar-refractivity contribution < 1.29 is 19.3 Å². The molecule has 3 rings (SSSR count). The minimum Gasteiger partial charge on any atom is -0.323 e. The number of hydrogen-bond acceptors (Lipinski definition) is 5. The van der Waals surface area contributed by atoms with E-state index in [1.54, 1.807) is 13.8 Å². The molecule has 144 valence electrons. The summed E-state index contributed by atoms with van der Waals surface area (Å²) in [5, 5.41) is 13.8. The fourth-order valence-electron chi connectivity index (χ4n) is 4.03. The van der Waals surface area contributed by atoms with E-state index in [1.807, 2.05) is 0 Å². The summed E-state index contributed by atoms with van der Waals surface area (Å²) >= 11 is 0. The minimum absolute atomic E-state index is 0.0586. The molecule has 1 heterocycles. The average molecular weight is 373 g/mol. The van der Waals surface area contributed by atoms with Crippen LogP contribution in [0.15, 0.2) is 18.2 Å². The Morgan fingerprint density at radius 1 is 1.30 bits per heavy atom. The SMILES string of the molecule is Cc1ccc(C(=O)CN2C(=O)N[C@](C)(C3CCCCC3)C2=O)cc1[N+](=O)[O-]. The highest BCUT2D eigenvalue weighted by Gasteiger charge is 2.52. The van der Waals surface area contributed by atoms with E-state index in [4.69, 9.17) is 0 Å². The largest absolute Gasteiger partial charge is 0.325 e. The van der Waals surface area contributed by atoms with Gasteiger partial charge in [-0.25, -0.2) is 4.79 Å². The predicted molar refractivity (Wildman–Crippen MR) is 97.4 cm³/mol. The average Bonchev–Trinajstić information content (AvgIpc) is 2.86. The molecule has 1 saturated carbocycles. The molecule has 0 bridgehead atoms. The fraction of sp³-hybridized carbons (Fsp3) is 0.526. The summed E-state index contributed by atoms with van der Waals surface area (Å²) in [6.07, 6.45) is 4.91. The van der Waals surface area contributed by atoms with Crippen LogP contribution in [0.1, 0.15) is 54.9 Å². The number of hydrogen-bond donors (Lipinski definition) is 1. The third-order valence-corrected chi connectivity index (χ3v) is 5.75. The van der Waals surface area contributed by atoms with Gasteiger partial charge in [0.1, 0.15) is 5.54 Å². The molecule has 27 heavy (non-hydrogen) atoms. The summed E-state index contributed by atoms with van der Waals surface area (Å²) in [4.78, 5) is 49.3. The van der Waals surface area contributed by atoms with Crippen LogP contribution in [-0.4, -0.2) is 39.6 Å². The number of nitro benzene ring substituents is 1. The zero-order valence-electron chi connectivity index (χ0n) is 15.5. The van der Waals surface area contributed by atoms with E-state index >= 15 is 0 Å². The quantitative estimate of drug-likeness (QED) is 0.369. The molecule has 3 amide bonds. The normalized spacial score (nSPS) is 23.4. The Morgan fingerprint density at radius 3 is 2.59 bits per heavy atom. The van der Waals surface area contributed by atoms with Crippen LogP contribution in [0.5, 0.6) is 0 Å². The zero-order chi connectivity index (χ0) is 19.8.